The summed E-state index contributed by atoms with van der Waals surface area (Å²) >= 11 is 0. The second-order valence-electron chi connectivity index (χ2n) is 5.99. The third kappa shape index (κ3) is 2.28. The van der Waals surface area contributed by atoms with Crippen LogP contribution in [0.3, 0.4) is 0 Å². The maximum Gasteiger partial charge on any atom is 0.495 e. The zero-order valence-corrected chi connectivity index (χ0v) is 12.1. The van der Waals surface area contributed by atoms with Crippen LogP contribution >= 0.6 is 0 Å². The van der Waals surface area contributed by atoms with Gasteiger partial charge in [0.15, 0.2) is 0 Å². The molecule has 5 heteroatoms. The summed E-state index contributed by atoms with van der Waals surface area (Å²) in [7, 11) is -0.563. The SMILES string of the molecule is Cc1cccc(B2OC(C)(C)C(C)(C)O2)c1C(N)=O. The van der Waals surface area contributed by atoms with Crippen molar-refractivity contribution in [3.63, 3.8) is 0 Å². The maximum atomic E-state index is 11.6. The van der Waals surface area contributed by atoms with Crippen LogP contribution in [0.1, 0.15) is 43.6 Å². The molecule has 0 radical (unpaired) electrons. The summed E-state index contributed by atoms with van der Waals surface area (Å²) in [5, 5.41) is 0. The van der Waals surface area contributed by atoms with E-state index in [0.29, 0.717) is 11.0 Å². The Morgan fingerprint density at radius 1 is 1.16 bits per heavy atom. The molecule has 0 atom stereocenters. The predicted octanol–water partition coefficient (Wildman–Crippen LogP) is 1.39. The number of nitrogens with two attached hydrogens (primary N) is 1. The lowest BCUT2D eigenvalue weighted by Gasteiger charge is -2.32. The van der Waals surface area contributed by atoms with Crippen molar-refractivity contribution in [1.82, 2.24) is 0 Å². The van der Waals surface area contributed by atoms with E-state index in [1.54, 1.807) is 0 Å². The molecule has 0 aromatic heterocycles. The maximum absolute atomic E-state index is 11.6. The zero-order valence-electron chi connectivity index (χ0n) is 12.1. The summed E-state index contributed by atoms with van der Waals surface area (Å²) in [6, 6.07) is 5.56. The summed E-state index contributed by atoms with van der Waals surface area (Å²) < 4.78 is 11.9. The monoisotopic (exact) mass is 261 g/mol. The van der Waals surface area contributed by atoms with Gasteiger partial charge < -0.3 is 15.0 Å². The highest BCUT2D eigenvalue weighted by Crippen LogP contribution is 2.36. The summed E-state index contributed by atoms with van der Waals surface area (Å²) in [6.07, 6.45) is 0. The largest absolute Gasteiger partial charge is 0.495 e. The van der Waals surface area contributed by atoms with Crippen molar-refractivity contribution in [2.24, 2.45) is 5.73 Å². The van der Waals surface area contributed by atoms with Crippen molar-refractivity contribution in [1.29, 1.82) is 0 Å². The molecule has 1 amide bonds. The molecule has 0 bridgehead atoms. The topological polar surface area (TPSA) is 61.6 Å². The molecule has 2 N–H and O–H groups in total. The standard InChI is InChI=1S/C14H20BNO3/c1-9-7-6-8-10(11(9)12(16)17)15-18-13(2,3)14(4,5)19-15/h6-8H,1-5H3,(H2,16,17). The van der Waals surface area contributed by atoms with Crippen molar-refractivity contribution in [3.05, 3.63) is 29.3 Å². The van der Waals surface area contributed by atoms with Crippen LogP contribution in [0, 0.1) is 6.92 Å². The number of primary amides is 1. The van der Waals surface area contributed by atoms with Crippen molar-refractivity contribution in [3.8, 4) is 0 Å². The Kier molecular flexibility index (Phi) is 3.23. The Morgan fingerprint density at radius 2 is 1.68 bits per heavy atom. The minimum absolute atomic E-state index is 0.434. The minimum Gasteiger partial charge on any atom is -0.399 e. The Balaban J connectivity index is 2.46. The molecule has 0 aliphatic carbocycles. The smallest absolute Gasteiger partial charge is 0.399 e. The molecule has 0 unspecified atom stereocenters. The molecule has 2 rings (SSSR count). The molecule has 4 nitrogen and oxygen atoms in total. The van der Waals surface area contributed by atoms with Crippen LogP contribution in [0.2, 0.25) is 0 Å². The van der Waals surface area contributed by atoms with Crippen LogP contribution < -0.4 is 11.2 Å². The first-order valence-electron chi connectivity index (χ1n) is 6.41. The van der Waals surface area contributed by atoms with Gasteiger partial charge in [0, 0.05) is 5.56 Å². The number of aryl methyl sites for hydroxylation is 1. The molecule has 0 spiro atoms. The Labute approximate surface area is 114 Å². The van der Waals surface area contributed by atoms with E-state index in [1.807, 2.05) is 52.8 Å². The van der Waals surface area contributed by atoms with Gasteiger partial charge in [-0.05, 0) is 45.6 Å². The first kappa shape index (κ1) is 14.1. The van der Waals surface area contributed by atoms with E-state index in [9.17, 15) is 4.79 Å². The Bertz CT molecular complexity index is 509. The van der Waals surface area contributed by atoms with Crippen molar-refractivity contribution in [2.75, 3.05) is 0 Å². The molecule has 1 saturated heterocycles. The number of amides is 1. The highest BCUT2D eigenvalue weighted by Gasteiger charge is 2.52. The van der Waals surface area contributed by atoms with Gasteiger partial charge in [-0.1, -0.05) is 18.2 Å². The fourth-order valence-electron chi connectivity index (χ4n) is 2.19. The summed E-state index contributed by atoms with van der Waals surface area (Å²) in [6.45, 7) is 9.77. The number of carbonyl (C=O) groups excluding carboxylic acids is 1. The molecule has 1 aliphatic heterocycles. The third-order valence-electron chi connectivity index (χ3n) is 4.06. The van der Waals surface area contributed by atoms with Gasteiger partial charge in [-0.25, -0.2) is 0 Å². The fourth-order valence-corrected chi connectivity index (χ4v) is 2.19. The average molecular weight is 261 g/mol. The van der Waals surface area contributed by atoms with Gasteiger partial charge in [-0.3, -0.25) is 4.79 Å². The molecule has 1 aromatic carbocycles. The van der Waals surface area contributed by atoms with Gasteiger partial charge in [-0.15, -0.1) is 0 Å². The normalized spacial score (nSPS) is 20.6. The lowest BCUT2D eigenvalue weighted by molar-refractivity contribution is 0.00578. The van der Waals surface area contributed by atoms with E-state index in [0.717, 1.165) is 5.56 Å². The van der Waals surface area contributed by atoms with E-state index in [1.165, 1.54) is 0 Å². The highest BCUT2D eigenvalue weighted by atomic mass is 16.7. The van der Waals surface area contributed by atoms with E-state index >= 15 is 0 Å². The third-order valence-corrected chi connectivity index (χ3v) is 4.06. The highest BCUT2D eigenvalue weighted by molar-refractivity contribution is 6.63. The van der Waals surface area contributed by atoms with Gasteiger partial charge >= 0.3 is 7.12 Å². The second-order valence-corrected chi connectivity index (χ2v) is 5.99. The Hall–Kier alpha value is -1.33. The predicted molar refractivity (Wildman–Crippen MR) is 75.4 cm³/mol. The molecule has 0 saturated carbocycles. The van der Waals surface area contributed by atoms with Crippen molar-refractivity contribution >= 4 is 18.5 Å². The van der Waals surface area contributed by atoms with Crippen LogP contribution in [0.15, 0.2) is 18.2 Å². The molecule has 102 valence electrons. The van der Waals surface area contributed by atoms with Crippen molar-refractivity contribution < 1.29 is 14.1 Å². The van der Waals surface area contributed by atoms with Crippen molar-refractivity contribution in [2.45, 2.75) is 45.8 Å². The first-order valence-corrected chi connectivity index (χ1v) is 6.41. The average Bonchev–Trinajstić information content (AvgIpc) is 2.47. The van der Waals surface area contributed by atoms with Gasteiger partial charge in [0.05, 0.1) is 11.2 Å². The lowest BCUT2D eigenvalue weighted by Crippen LogP contribution is -2.41. The molecular weight excluding hydrogens is 241 g/mol. The van der Waals surface area contributed by atoms with E-state index < -0.39 is 24.2 Å². The molecule has 1 fully saturated rings. The molecule has 1 aliphatic rings. The molecular formula is C14H20BNO3. The van der Waals surface area contributed by atoms with Gasteiger partial charge in [0.25, 0.3) is 0 Å². The number of hydrogen-bond acceptors (Lipinski definition) is 3. The number of carbonyl (C=O) groups is 1. The molecule has 1 heterocycles. The summed E-state index contributed by atoms with van der Waals surface area (Å²) in [4.78, 5) is 11.6. The van der Waals surface area contributed by atoms with E-state index in [2.05, 4.69) is 0 Å². The lowest BCUT2D eigenvalue weighted by atomic mass is 9.74. The zero-order chi connectivity index (χ0) is 14.4. The first-order chi connectivity index (χ1) is 8.66. The summed E-state index contributed by atoms with van der Waals surface area (Å²) in [5.74, 6) is -0.456. The molecule has 19 heavy (non-hydrogen) atoms. The number of hydrogen-bond donors (Lipinski definition) is 1. The van der Waals surface area contributed by atoms with Crippen LogP contribution in [0.4, 0.5) is 0 Å². The van der Waals surface area contributed by atoms with Gasteiger partial charge in [0.2, 0.25) is 5.91 Å². The quantitative estimate of drug-likeness (QED) is 0.818. The van der Waals surface area contributed by atoms with Crippen LogP contribution in [-0.4, -0.2) is 24.2 Å². The Morgan fingerprint density at radius 3 is 2.16 bits per heavy atom. The second kappa shape index (κ2) is 4.35. The van der Waals surface area contributed by atoms with Crippen LogP contribution in [0.25, 0.3) is 0 Å². The van der Waals surface area contributed by atoms with Gasteiger partial charge in [0.1, 0.15) is 0 Å². The van der Waals surface area contributed by atoms with Gasteiger partial charge in [-0.2, -0.15) is 0 Å². The van der Waals surface area contributed by atoms with Crippen LogP contribution in [0.5, 0.6) is 0 Å². The van der Waals surface area contributed by atoms with E-state index in [-0.39, 0.29) is 0 Å². The fraction of sp³-hybridized carbons (Fsp3) is 0.500. The molecule has 1 aromatic rings. The number of benzene rings is 1. The van der Waals surface area contributed by atoms with E-state index in [4.69, 9.17) is 15.0 Å². The summed E-state index contributed by atoms with van der Waals surface area (Å²) in [5.41, 5.74) is 6.62. The van der Waals surface area contributed by atoms with Crippen LogP contribution in [-0.2, 0) is 9.31 Å². The number of rotatable bonds is 2. The minimum atomic E-state index is -0.563.